The zero-order chi connectivity index (χ0) is 10.2. The van der Waals surface area contributed by atoms with Gasteiger partial charge in [0.2, 0.25) is 0 Å². The van der Waals surface area contributed by atoms with Gasteiger partial charge in [-0.25, -0.2) is 8.42 Å². The Kier molecular flexibility index (Phi) is 2.33. The Morgan fingerprint density at radius 3 is 2.43 bits per heavy atom. The molecule has 0 radical (unpaired) electrons. The number of sulfone groups is 1. The molecule has 0 spiro atoms. The molecule has 1 fully saturated rings. The SMILES string of the molecule is Cc1ccc(S(=O)(=O)CC2CO2)cc1. The number of hydrogen-bond acceptors (Lipinski definition) is 3. The lowest BCUT2D eigenvalue weighted by Gasteiger charge is -2.02. The maximum Gasteiger partial charge on any atom is 0.181 e. The summed E-state index contributed by atoms with van der Waals surface area (Å²) in [7, 11) is -3.14. The van der Waals surface area contributed by atoms with E-state index in [0.717, 1.165) is 5.56 Å². The number of hydrogen-bond donors (Lipinski definition) is 0. The predicted molar refractivity (Wildman–Crippen MR) is 53.0 cm³/mol. The van der Waals surface area contributed by atoms with Crippen LogP contribution in [0.2, 0.25) is 0 Å². The van der Waals surface area contributed by atoms with Gasteiger partial charge in [-0.05, 0) is 19.1 Å². The normalized spacial score (nSPS) is 20.8. The highest BCUT2D eigenvalue weighted by Gasteiger charge is 2.30. The molecule has 1 aliphatic rings. The predicted octanol–water partition coefficient (Wildman–Crippen LogP) is 1.17. The molecule has 0 saturated carbocycles. The first-order chi connectivity index (χ1) is 6.58. The third-order valence-electron chi connectivity index (χ3n) is 2.19. The molecule has 0 amide bonds. The Hall–Kier alpha value is -0.870. The Morgan fingerprint density at radius 2 is 1.93 bits per heavy atom. The fourth-order valence-corrected chi connectivity index (χ4v) is 2.68. The second-order valence-electron chi connectivity index (χ2n) is 3.55. The molecule has 0 aliphatic carbocycles. The first-order valence-corrected chi connectivity index (χ1v) is 6.14. The van der Waals surface area contributed by atoms with Gasteiger partial charge in [0.15, 0.2) is 9.84 Å². The van der Waals surface area contributed by atoms with Crippen LogP contribution in [0.15, 0.2) is 29.2 Å². The summed E-state index contributed by atoms with van der Waals surface area (Å²) < 4.78 is 28.3. The van der Waals surface area contributed by atoms with E-state index in [1.165, 1.54) is 0 Å². The fourth-order valence-electron chi connectivity index (χ4n) is 1.25. The summed E-state index contributed by atoms with van der Waals surface area (Å²) in [5.41, 5.74) is 1.06. The fraction of sp³-hybridized carbons (Fsp3) is 0.400. The van der Waals surface area contributed by atoms with Crippen molar-refractivity contribution in [3.05, 3.63) is 29.8 Å². The van der Waals surface area contributed by atoms with Crippen LogP contribution < -0.4 is 0 Å². The van der Waals surface area contributed by atoms with Gasteiger partial charge in [-0.15, -0.1) is 0 Å². The van der Waals surface area contributed by atoms with E-state index < -0.39 is 9.84 Å². The van der Waals surface area contributed by atoms with Crippen molar-refractivity contribution in [2.75, 3.05) is 12.4 Å². The van der Waals surface area contributed by atoms with E-state index >= 15 is 0 Å². The lowest BCUT2D eigenvalue weighted by molar-refractivity contribution is 0.422. The average Bonchev–Trinajstić information content (AvgIpc) is 2.88. The smallest absolute Gasteiger partial charge is 0.181 e. The van der Waals surface area contributed by atoms with Crippen molar-refractivity contribution in [2.45, 2.75) is 17.9 Å². The Labute approximate surface area is 83.6 Å². The molecule has 1 atom stereocenters. The highest BCUT2D eigenvalue weighted by molar-refractivity contribution is 7.91. The largest absolute Gasteiger partial charge is 0.372 e. The first-order valence-electron chi connectivity index (χ1n) is 4.49. The molecule has 1 aromatic carbocycles. The van der Waals surface area contributed by atoms with Gasteiger partial charge in [-0.1, -0.05) is 17.7 Å². The van der Waals surface area contributed by atoms with Crippen LogP contribution in [-0.4, -0.2) is 26.9 Å². The van der Waals surface area contributed by atoms with Crippen molar-refractivity contribution in [3.63, 3.8) is 0 Å². The van der Waals surface area contributed by atoms with E-state index in [9.17, 15) is 8.42 Å². The molecule has 0 bridgehead atoms. The van der Waals surface area contributed by atoms with Crippen LogP contribution in [0.4, 0.5) is 0 Å². The lowest BCUT2D eigenvalue weighted by atomic mass is 10.2. The molecule has 0 N–H and O–H groups in total. The minimum Gasteiger partial charge on any atom is -0.372 e. The zero-order valence-electron chi connectivity index (χ0n) is 7.93. The number of ether oxygens (including phenoxy) is 1. The van der Waals surface area contributed by atoms with Crippen LogP contribution >= 0.6 is 0 Å². The molecule has 1 heterocycles. The molecule has 76 valence electrons. The molecule has 1 saturated heterocycles. The van der Waals surface area contributed by atoms with E-state index in [1.807, 2.05) is 6.92 Å². The van der Waals surface area contributed by atoms with Gasteiger partial charge in [-0.3, -0.25) is 0 Å². The summed E-state index contributed by atoms with van der Waals surface area (Å²) in [6.45, 7) is 2.51. The monoisotopic (exact) mass is 212 g/mol. The van der Waals surface area contributed by atoms with E-state index in [4.69, 9.17) is 4.74 Å². The third-order valence-corrected chi connectivity index (χ3v) is 3.99. The second kappa shape index (κ2) is 3.37. The third kappa shape index (κ3) is 2.13. The molecule has 1 aromatic rings. The Bertz CT molecular complexity index is 415. The summed E-state index contributed by atoms with van der Waals surface area (Å²) in [6, 6.07) is 6.90. The molecule has 1 aliphatic heterocycles. The molecule has 4 heteroatoms. The maximum atomic E-state index is 11.7. The van der Waals surface area contributed by atoms with Gasteiger partial charge in [0.25, 0.3) is 0 Å². The van der Waals surface area contributed by atoms with Crippen molar-refractivity contribution in [3.8, 4) is 0 Å². The van der Waals surface area contributed by atoms with Crippen molar-refractivity contribution < 1.29 is 13.2 Å². The van der Waals surface area contributed by atoms with Gasteiger partial charge in [-0.2, -0.15) is 0 Å². The van der Waals surface area contributed by atoms with Crippen molar-refractivity contribution >= 4 is 9.84 Å². The van der Waals surface area contributed by atoms with Crippen LogP contribution in [0.25, 0.3) is 0 Å². The standard InChI is InChI=1S/C10H12O3S/c1-8-2-4-10(5-3-8)14(11,12)7-9-6-13-9/h2-5,9H,6-7H2,1H3. The lowest BCUT2D eigenvalue weighted by Crippen LogP contribution is -2.11. The van der Waals surface area contributed by atoms with E-state index in [-0.39, 0.29) is 11.9 Å². The number of epoxide rings is 1. The van der Waals surface area contributed by atoms with Crippen molar-refractivity contribution in [2.24, 2.45) is 0 Å². The van der Waals surface area contributed by atoms with E-state index in [1.54, 1.807) is 24.3 Å². The van der Waals surface area contributed by atoms with Gasteiger partial charge >= 0.3 is 0 Å². The summed E-state index contributed by atoms with van der Waals surface area (Å²) in [6.07, 6.45) is -0.0821. The van der Waals surface area contributed by atoms with Gasteiger partial charge in [0, 0.05) is 0 Å². The molecular formula is C10H12O3S. The highest BCUT2D eigenvalue weighted by Crippen LogP contribution is 2.18. The molecule has 2 rings (SSSR count). The quantitative estimate of drug-likeness (QED) is 0.706. The zero-order valence-corrected chi connectivity index (χ0v) is 8.75. The number of rotatable bonds is 3. The van der Waals surface area contributed by atoms with Gasteiger partial charge in [0.1, 0.15) is 0 Å². The van der Waals surface area contributed by atoms with Crippen LogP contribution in [-0.2, 0) is 14.6 Å². The molecule has 14 heavy (non-hydrogen) atoms. The molecule has 1 unspecified atom stereocenters. The summed E-state index contributed by atoms with van der Waals surface area (Å²) >= 11 is 0. The summed E-state index contributed by atoms with van der Waals surface area (Å²) in [5, 5.41) is 0. The van der Waals surface area contributed by atoms with Crippen LogP contribution in [0, 0.1) is 6.92 Å². The highest BCUT2D eigenvalue weighted by atomic mass is 32.2. The Morgan fingerprint density at radius 1 is 1.36 bits per heavy atom. The summed E-state index contributed by atoms with van der Waals surface area (Å²) in [5.74, 6) is 0.107. The number of benzene rings is 1. The van der Waals surface area contributed by atoms with Crippen LogP contribution in [0.5, 0.6) is 0 Å². The molecule has 3 nitrogen and oxygen atoms in total. The molecular weight excluding hydrogens is 200 g/mol. The first kappa shape index (κ1) is 9.68. The van der Waals surface area contributed by atoms with Crippen LogP contribution in [0.1, 0.15) is 5.56 Å². The second-order valence-corrected chi connectivity index (χ2v) is 5.58. The van der Waals surface area contributed by atoms with Gasteiger partial charge in [0.05, 0.1) is 23.4 Å². The topological polar surface area (TPSA) is 46.7 Å². The van der Waals surface area contributed by atoms with Crippen molar-refractivity contribution in [1.82, 2.24) is 0 Å². The van der Waals surface area contributed by atoms with Crippen LogP contribution in [0.3, 0.4) is 0 Å². The minimum absolute atomic E-state index is 0.0821. The average molecular weight is 212 g/mol. The maximum absolute atomic E-state index is 11.7. The minimum atomic E-state index is -3.14. The van der Waals surface area contributed by atoms with E-state index in [0.29, 0.717) is 11.5 Å². The Balaban J connectivity index is 2.24. The number of aryl methyl sites for hydroxylation is 1. The molecule has 0 aromatic heterocycles. The van der Waals surface area contributed by atoms with E-state index in [2.05, 4.69) is 0 Å². The van der Waals surface area contributed by atoms with Gasteiger partial charge < -0.3 is 4.74 Å². The van der Waals surface area contributed by atoms with Crippen molar-refractivity contribution in [1.29, 1.82) is 0 Å². The summed E-state index contributed by atoms with van der Waals surface area (Å²) in [4.78, 5) is 0.388.